The normalized spacial score (nSPS) is 15.7. The van der Waals surface area contributed by atoms with E-state index in [0.29, 0.717) is 0 Å². The second-order valence-electron chi connectivity index (χ2n) is 6.89. The summed E-state index contributed by atoms with van der Waals surface area (Å²) in [5.41, 5.74) is 2.25. The first-order chi connectivity index (χ1) is 12.9. The predicted molar refractivity (Wildman–Crippen MR) is 104 cm³/mol. The van der Waals surface area contributed by atoms with Gasteiger partial charge >= 0.3 is 0 Å². The number of fused-ring (bicyclic) bond motifs is 4. The Morgan fingerprint density at radius 1 is 0.615 bits per heavy atom. The average Bonchev–Trinajstić information content (AvgIpc) is 2.67. The highest BCUT2D eigenvalue weighted by Gasteiger charge is 2.05. The third-order valence-corrected chi connectivity index (χ3v) is 4.62. The molecular formula is C24H28N2+2. The van der Waals surface area contributed by atoms with Crippen molar-refractivity contribution in [3.05, 3.63) is 60.2 Å². The topological polar surface area (TPSA) is 7.76 Å². The summed E-state index contributed by atoms with van der Waals surface area (Å²) in [4.78, 5) is 0. The maximum atomic E-state index is 3.33. The molecule has 1 aliphatic heterocycles. The van der Waals surface area contributed by atoms with Gasteiger partial charge in [0.15, 0.2) is 24.8 Å². The van der Waals surface area contributed by atoms with Crippen LogP contribution in [0.15, 0.2) is 49.1 Å². The SMILES string of the molecule is C1#Cc2ccc[n+](c2)CCCC[n+]2cccc(c2)C#CCCCCCC1. The molecule has 4 bridgehead atoms. The van der Waals surface area contributed by atoms with Crippen molar-refractivity contribution < 1.29 is 9.13 Å². The summed E-state index contributed by atoms with van der Waals surface area (Å²) in [6, 6.07) is 8.42. The fourth-order valence-electron chi connectivity index (χ4n) is 3.17. The van der Waals surface area contributed by atoms with Crippen molar-refractivity contribution in [2.75, 3.05) is 0 Å². The van der Waals surface area contributed by atoms with Crippen molar-refractivity contribution in [3.8, 4) is 23.7 Å². The highest BCUT2D eigenvalue weighted by Crippen LogP contribution is 2.05. The average molecular weight is 345 g/mol. The van der Waals surface area contributed by atoms with E-state index in [1.54, 1.807) is 0 Å². The van der Waals surface area contributed by atoms with Gasteiger partial charge in [-0.1, -0.05) is 36.5 Å². The molecule has 0 amide bonds. The Labute approximate surface area is 157 Å². The first-order valence-electron chi connectivity index (χ1n) is 9.86. The largest absolute Gasteiger partial charge is 0.204 e. The number of nitrogens with zero attached hydrogens (tertiary/aromatic N) is 2. The van der Waals surface area contributed by atoms with Crippen LogP contribution in [0.4, 0.5) is 0 Å². The van der Waals surface area contributed by atoms with E-state index < -0.39 is 0 Å². The van der Waals surface area contributed by atoms with Crippen LogP contribution in [0.25, 0.3) is 0 Å². The minimum absolute atomic E-state index is 0.991. The second kappa shape index (κ2) is 10.4. The van der Waals surface area contributed by atoms with E-state index in [1.165, 1.54) is 25.7 Å². The zero-order chi connectivity index (χ0) is 17.9. The summed E-state index contributed by atoms with van der Waals surface area (Å²) in [6.07, 6.45) is 17.8. The number of hydrogen-bond donors (Lipinski definition) is 0. The van der Waals surface area contributed by atoms with Gasteiger partial charge in [0.2, 0.25) is 0 Å². The Morgan fingerprint density at radius 2 is 1.12 bits per heavy atom. The Bertz CT molecular complexity index is 759. The first-order valence-corrected chi connectivity index (χ1v) is 9.86. The van der Waals surface area contributed by atoms with Crippen LogP contribution < -0.4 is 9.13 Å². The molecule has 0 fully saturated rings. The fraction of sp³-hybridized carbons (Fsp3) is 0.417. The zero-order valence-corrected chi connectivity index (χ0v) is 15.6. The van der Waals surface area contributed by atoms with Gasteiger partial charge in [0.05, 0.1) is 11.1 Å². The molecule has 0 atom stereocenters. The quantitative estimate of drug-likeness (QED) is 0.507. The molecule has 2 aromatic heterocycles. The summed E-state index contributed by atoms with van der Waals surface area (Å²) in [5.74, 6) is 13.3. The van der Waals surface area contributed by atoms with E-state index in [-0.39, 0.29) is 0 Å². The number of aryl methyl sites for hydroxylation is 2. The zero-order valence-electron chi connectivity index (χ0n) is 15.6. The summed E-state index contributed by atoms with van der Waals surface area (Å²) >= 11 is 0. The molecular weight excluding hydrogens is 316 g/mol. The smallest absolute Gasteiger partial charge is 0.184 e. The Kier molecular flexibility index (Phi) is 7.30. The van der Waals surface area contributed by atoms with E-state index in [4.69, 9.17) is 0 Å². The monoisotopic (exact) mass is 344 g/mol. The molecule has 3 rings (SSSR count). The molecule has 2 nitrogen and oxygen atoms in total. The summed E-state index contributed by atoms with van der Waals surface area (Å²) < 4.78 is 4.52. The van der Waals surface area contributed by atoms with Crippen LogP contribution in [-0.2, 0) is 13.1 Å². The van der Waals surface area contributed by atoms with Crippen molar-refractivity contribution in [2.45, 2.75) is 64.5 Å². The van der Waals surface area contributed by atoms with E-state index >= 15 is 0 Å². The van der Waals surface area contributed by atoms with E-state index in [2.05, 4.69) is 81.9 Å². The van der Waals surface area contributed by atoms with Crippen molar-refractivity contribution in [2.24, 2.45) is 0 Å². The highest BCUT2D eigenvalue weighted by atomic mass is 14.9. The standard InChI is InChI=1S/C24H28N2/c1-2-4-6-8-14-24-16-12-20-26(22-24)18-10-9-17-25-19-11-15-23(21-25)13-7-5-3-1/h11-12,15-16,19-22H,1-6,9-10,17-18H2/q+2. The van der Waals surface area contributed by atoms with Crippen LogP contribution >= 0.6 is 0 Å². The maximum absolute atomic E-state index is 3.33. The van der Waals surface area contributed by atoms with Crippen molar-refractivity contribution in [1.82, 2.24) is 0 Å². The van der Waals surface area contributed by atoms with E-state index in [0.717, 1.165) is 49.9 Å². The van der Waals surface area contributed by atoms with Gasteiger partial charge in [-0.05, 0) is 25.0 Å². The van der Waals surface area contributed by atoms with Crippen LogP contribution in [-0.4, -0.2) is 0 Å². The van der Waals surface area contributed by atoms with Crippen LogP contribution in [0.1, 0.15) is 62.5 Å². The van der Waals surface area contributed by atoms with Crippen LogP contribution in [0.5, 0.6) is 0 Å². The lowest BCUT2D eigenvalue weighted by Crippen LogP contribution is -2.36. The minimum atomic E-state index is 0.991. The molecule has 1 aliphatic rings. The second-order valence-corrected chi connectivity index (χ2v) is 6.89. The molecule has 0 aromatic carbocycles. The molecule has 26 heavy (non-hydrogen) atoms. The molecule has 0 N–H and O–H groups in total. The maximum Gasteiger partial charge on any atom is 0.184 e. The molecule has 0 aliphatic carbocycles. The van der Waals surface area contributed by atoms with E-state index in [1.807, 2.05) is 0 Å². The molecule has 3 heterocycles. The fourth-order valence-corrected chi connectivity index (χ4v) is 3.17. The highest BCUT2D eigenvalue weighted by molar-refractivity contribution is 5.30. The molecule has 0 saturated heterocycles. The van der Waals surface area contributed by atoms with Crippen LogP contribution in [0.3, 0.4) is 0 Å². The summed E-state index contributed by atoms with van der Waals surface area (Å²) in [5, 5.41) is 0. The summed E-state index contributed by atoms with van der Waals surface area (Å²) in [7, 11) is 0. The van der Waals surface area contributed by atoms with Gasteiger partial charge in [0.25, 0.3) is 0 Å². The molecule has 0 radical (unpaired) electrons. The van der Waals surface area contributed by atoms with Gasteiger partial charge in [-0.2, -0.15) is 0 Å². The lowest BCUT2D eigenvalue weighted by Gasteiger charge is -1.99. The van der Waals surface area contributed by atoms with Gasteiger partial charge in [-0.3, -0.25) is 0 Å². The van der Waals surface area contributed by atoms with Crippen molar-refractivity contribution in [1.29, 1.82) is 0 Å². The third kappa shape index (κ3) is 6.38. The molecule has 2 heteroatoms. The third-order valence-electron chi connectivity index (χ3n) is 4.62. The predicted octanol–water partition coefficient (Wildman–Crippen LogP) is 3.80. The number of hydrogen-bond acceptors (Lipinski definition) is 0. The first kappa shape index (κ1) is 18.2. The van der Waals surface area contributed by atoms with Crippen molar-refractivity contribution in [3.63, 3.8) is 0 Å². The van der Waals surface area contributed by atoms with Gasteiger partial charge in [0.1, 0.15) is 13.1 Å². The lowest BCUT2D eigenvalue weighted by atomic mass is 10.1. The Hall–Kier alpha value is -2.58. The number of aromatic nitrogens is 2. The molecule has 0 saturated carbocycles. The summed E-state index contributed by atoms with van der Waals surface area (Å²) in [6.45, 7) is 2.07. The minimum Gasteiger partial charge on any atom is -0.204 e. The van der Waals surface area contributed by atoms with Gasteiger partial charge in [0, 0.05) is 37.8 Å². The molecule has 0 unspecified atom stereocenters. The number of pyridine rings is 2. The van der Waals surface area contributed by atoms with E-state index in [9.17, 15) is 0 Å². The van der Waals surface area contributed by atoms with Gasteiger partial charge < -0.3 is 0 Å². The Balaban J connectivity index is 1.67. The Morgan fingerprint density at radius 3 is 1.62 bits per heavy atom. The van der Waals surface area contributed by atoms with Gasteiger partial charge in [-0.25, -0.2) is 9.13 Å². The van der Waals surface area contributed by atoms with Crippen LogP contribution in [0.2, 0.25) is 0 Å². The van der Waals surface area contributed by atoms with Crippen molar-refractivity contribution >= 4 is 0 Å². The molecule has 0 spiro atoms. The van der Waals surface area contributed by atoms with Crippen LogP contribution in [0, 0.1) is 23.7 Å². The molecule has 132 valence electrons. The molecule has 2 aromatic rings. The number of rotatable bonds is 0. The lowest BCUT2D eigenvalue weighted by molar-refractivity contribution is -0.708. The van der Waals surface area contributed by atoms with Gasteiger partial charge in [-0.15, -0.1) is 0 Å².